The van der Waals surface area contributed by atoms with Crippen molar-refractivity contribution in [2.75, 3.05) is 6.61 Å². The van der Waals surface area contributed by atoms with Crippen LogP contribution >= 0.6 is 23.4 Å². The maximum Gasteiger partial charge on any atom is 0.0669 e. The van der Waals surface area contributed by atoms with Gasteiger partial charge in [-0.15, -0.1) is 11.8 Å². The third-order valence-corrected chi connectivity index (χ3v) is 4.77. The van der Waals surface area contributed by atoms with Gasteiger partial charge in [0.1, 0.15) is 0 Å². The van der Waals surface area contributed by atoms with Gasteiger partial charge >= 0.3 is 0 Å². The average molecular weight is 258 g/mol. The molecule has 2 unspecified atom stereocenters. The molecule has 0 aliphatic carbocycles. The number of rotatable bonds is 3. The highest BCUT2D eigenvalue weighted by atomic mass is 35.5. The van der Waals surface area contributed by atoms with Crippen LogP contribution in [0.3, 0.4) is 0 Å². The SMILES string of the molecule is CC1OCCC1Sc1ccc(CN)cc1Cl. The normalized spacial score (nSPS) is 24.9. The smallest absolute Gasteiger partial charge is 0.0669 e. The van der Waals surface area contributed by atoms with Crippen molar-refractivity contribution in [1.82, 2.24) is 0 Å². The quantitative estimate of drug-likeness (QED) is 0.904. The highest BCUT2D eigenvalue weighted by Crippen LogP contribution is 2.36. The van der Waals surface area contributed by atoms with E-state index in [4.69, 9.17) is 22.1 Å². The molecule has 2 atom stereocenters. The van der Waals surface area contributed by atoms with Gasteiger partial charge in [-0.2, -0.15) is 0 Å². The Morgan fingerprint density at radius 3 is 2.94 bits per heavy atom. The third kappa shape index (κ3) is 2.72. The minimum Gasteiger partial charge on any atom is -0.377 e. The molecule has 4 heteroatoms. The fourth-order valence-electron chi connectivity index (χ4n) is 1.80. The molecule has 2 rings (SSSR count). The topological polar surface area (TPSA) is 35.2 Å². The lowest BCUT2D eigenvalue weighted by molar-refractivity contribution is 0.127. The van der Waals surface area contributed by atoms with Crippen LogP contribution in [0.25, 0.3) is 0 Å². The lowest BCUT2D eigenvalue weighted by atomic mass is 10.2. The molecule has 1 aromatic carbocycles. The van der Waals surface area contributed by atoms with Gasteiger partial charge in [0.15, 0.2) is 0 Å². The minimum absolute atomic E-state index is 0.315. The number of benzene rings is 1. The van der Waals surface area contributed by atoms with Gasteiger partial charge in [-0.3, -0.25) is 0 Å². The maximum atomic E-state index is 6.22. The third-order valence-electron chi connectivity index (χ3n) is 2.82. The van der Waals surface area contributed by atoms with Crippen LogP contribution in [0.5, 0.6) is 0 Å². The van der Waals surface area contributed by atoms with E-state index in [1.54, 1.807) is 0 Å². The summed E-state index contributed by atoms with van der Waals surface area (Å²) in [7, 11) is 0. The molecule has 1 saturated heterocycles. The van der Waals surface area contributed by atoms with Crippen molar-refractivity contribution in [3.8, 4) is 0 Å². The zero-order chi connectivity index (χ0) is 11.5. The van der Waals surface area contributed by atoms with Crippen LogP contribution in [0.2, 0.25) is 5.02 Å². The molecule has 88 valence electrons. The fourth-order valence-corrected chi connectivity index (χ4v) is 3.26. The van der Waals surface area contributed by atoms with Gasteiger partial charge in [-0.25, -0.2) is 0 Å². The first-order valence-corrected chi connectivity index (χ1v) is 6.73. The van der Waals surface area contributed by atoms with Gasteiger partial charge in [0.05, 0.1) is 11.1 Å². The Kier molecular flexibility index (Phi) is 4.14. The summed E-state index contributed by atoms with van der Waals surface area (Å²) in [5.41, 5.74) is 6.64. The number of nitrogens with two attached hydrogens (primary N) is 1. The predicted octanol–water partition coefficient (Wildman–Crippen LogP) is 3.07. The van der Waals surface area contributed by atoms with E-state index in [1.165, 1.54) is 0 Å². The standard InChI is InChI=1S/C12H16ClNOS/c1-8-11(4-5-15-8)16-12-3-2-9(7-14)6-10(12)13/h2-3,6,8,11H,4-5,7,14H2,1H3. The number of hydrogen-bond acceptors (Lipinski definition) is 3. The summed E-state index contributed by atoms with van der Waals surface area (Å²) in [5, 5.41) is 1.31. The molecule has 1 heterocycles. The van der Waals surface area contributed by atoms with Crippen molar-refractivity contribution >= 4 is 23.4 Å². The zero-order valence-corrected chi connectivity index (χ0v) is 10.9. The molecular weight excluding hydrogens is 242 g/mol. The predicted molar refractivity (Wildman–Crippen MR) is 69.0 cm³/mol. The van der Waals surface area contributed by atoms with E-state index in [0.29, 0.717) is 17.9 Å². The summed E-state index contributed by atoms with van der Waals surface area (Å²) in [6, 6.07) is 6.04. The Bertz CT molecular complexity index is 372. The van der Waals surface area contributed by atoms with Crippen molar-refractivity contribution in [3.63, 3.8) is 0 Å². The summed E-state index contributed by atoms with van der Waals surface area (Å²) in [6.07, 6.45) is 1.41. The fraction of sp³-hybridized carbons (Fsp3) is 0.500. The molecule has 1 fully saturated rings. The van der Waals surface area contributed by atoms with Crippen LogP contribution in [-0.4, -0.2) is 18.0 Å². The van der Waals surface area contributed by atoms with Crippen molar-refractivity contribution in [2.45, 2.75) is 36.1 Å². The summed E-state index contributed by atoms with van der Waals surface area (Å²) in [6.45, 7) is 3.51. The molecule has 0 bridgehead atoms. The maximum absolute atomic E-state index is 6.22. The monoisotopic (exact) mass is 257 g/mol. The number of halogens is 1. The van der Waals surface area contributed by atoms with Gasteiger partial charge in [-0.1, -0.05) is 17.7 Å². The number of hydrogen-bond donors (Lipinski definition) is 1. The lowest BCUT2D eigenvalue weighted by Gasteiger charge is -2.14. The molecule has 1 aliphatic rings. The van der Waals surface area contributed by atoms with Crippen molar-refractivity contribution in [2.24, 2.45) is 5.73 Å². The van der Waals surface area contributed by atoms with E-state index in [1.807, 2.05) is 23.9 Å². The Morgan fingerprint density at radius 1 is 1.56 bits per heavy atom. The first-order valence-electron chi connectivity index (χ1n) is 5.47. The molecule has 0 saturated carbocycles. The Balaban J connectivity index is 2.09. The molecule has 0 radical (unpaired) electrons. The molecule has 2 N–H and O–H groups in total. The van der Waals surface area contributed by atoms with Crippen molar-refractivity contribution in [3.05, 3.63) is 28.8 Å². The second-order valence-corrected chi connectivity index (χ2v) is 5.68. The van der Waals surface area contributed by atoms with Crippen LogP contribution in [-0.2, 0) is 11.3 Å². The molecule has 0 amide bonds. The van der Waals surface area contributed by atoms with E-state index in [9.17, 15) is 0 Å². The largest absolute Gasteiger partial charge is 0.377 e. The van der Waals surface area contributed by atoms with E-state index >= 15 is 0 Å². The van der Waals surface area contributed by atoms with Gasteiger partial charge < -0.3 is 10.5 Å². The summed E-state index contributed by atoms with van der Waals surface area (Å²) in [5.74, 6) is 0. The van der Waals surface area contributed by atoms with Crippen molar-refractivity contribution in [1.29, 1.82) is 0 Å². The second-order valence-electron chi connectivity index (χ2n) is 3.99. The molecule has 2 nitrogen and oxygen atoms in total. The zero-order valence-electron chi connectivity index (χ0n) is 9.28. The summed E-state index contributed by atoms with van der Waals surface area (Å²) in [4.78, 5) is 1.13. The Hall–Kier alpha value is -0.220. The van der Waals surface area contributed by atoms with Crippen LogP contribution < -0.4 is 5.73 Å². The van der Waals surface area contributed by atoms with E-state index < -0.39 is 0 Å². The lowest BCUT2D eigenvalue weighted by Crippen LogP contribution is -2.13. The number of thioether (sulfide) groups is 1. The Labute approximate surface area is 105 Å². The van der Waals surface area contributed by atoms with Crippen molar-refractivity contribution < 1.29 is 4.74 Å². The first-order chi connectivity index (χ1) is 7.70. The molecule has 1 aliphatic heterocycles. The summed E-state index contributed by atoms with van der Waals surface area (Å²) < 4.78 is 5.54. The van der Waals surface area contributed by atoms with Gasteiger partial charge in [0, 0.05) is 23.3 Å². The molecule has 1 aromatic rings. The molecule has 0 spiro atoms. The van der Waals surface area contributed by atoms with Gasteiger partial charge in [-0.05, 0) is 31.0 Å². The molecule has 16 heavy (non-hydrogen) atoms. The van der Waals surface area contributed by atoms with Crippen LogP contribution in [0.4, 0.5) is 0 Å². The molecular formula is C12H16ClNOS. The van der Waals surface area contributed by atoms with Gasteiger partial charge in [0.2, 0.25) is 0 Å². The first kappa shape index (κ1) is 12.2. The average Bonchev–Trinajstić information content (AvgIpc) is 2.67. The van der Waals surface area contributed by atoms with Crippen LogP contribution in [0.1, 0.15) is 18.9 Å². The van der Waals surface area contributed by atoms with Crippen LogP contribution in [0, 0.1) is 0 Å². The second kappa shape index (κ2) is 5.41. The summed E-state index contributed by atoms with van der Waals surface area (Å²) >= 11 is 8.02. The minimum atomic E-state index is 0.315. The highest BCUT2D eigenvalue weighted by Gasteiger charge is 2.25. The number of ether oxygens (including phenoxy) is 1. The van der Waals surface area contributed by atoms with E-state index in [-0.39, 0.29) is 0 Å². The highest BCUT2D eigenvalue weighted by molar-refractivity contribution is 8.00. The Morgan fingerprint density at radius 2 is 2.38 bits per heavy atom. The van der Waals surface area contributed by atoms with E-state index in [2.05, 4.69) is 13.0 Å². The van der Waals surface area contributed by atoms with Crippen LogP contribution in [0.15, 0.2) is 23.1 Å². The molecule has 0 aromatic heterocycles. The van der Waals surface area contributed by atoms with Gasteiger partial charge in [0.25, 0.3) is 0 Å². The van der Waals surface area contributed by atoms with E-state index in [0.717, 1.165) is 28.5 Å².